The van der Waals surface area contributed by atoms with Crippen LogP contribution in [0.25, 0.3) is 33.6 Å². The van der Waals surface area contributed by atoms with Gasteiger partial charge in [-0.15, -0.1) is 0 Å². The molecule has 10 heteroatoms. The molecule has 0 saturated carbocycles. The smallest absolute Gasteiger partial charge is 0.389 e. The molecular formula is C25H17F5N2O3. The monoisotopic (exact) mass is 488 g/mol. The number of pyridine rings is 1. The molecule has 2 aromatic heterocycles. The van der Waals surface area contributed by atoms with E-state index >= 15 is 0 Å². The van der Waals surface area contributed by atoms with E-state index in [2.05, 4.69) is 10.3 Å². The summed E-state index contributed by atoms with van der Waals surface area (Å²) in [6.07, 6.45) is -5.89. The number of aromatic nitrogens is 1. The molecule has 0 fully saturated rings. The normalized spacial score (nSPS) is 11.6. The van der Waals surface area contributed by atoms with E-state index in [-0.39, 0.29) is 44.8 Å². The number of aryl methyl sites for hydroxylation is 1. The molecule has 0 spiro atoms. The van der Waals surface area contributed by atoms with E-state index in [0.29, 0.717) is 11.8 Å². The maximum absolute atomic E-state index is 13.9. The molecule has 0 unspecified atom stereocenters. The number of aldehydes is 1. The summed E-state index contributed by atoms with van der Waals surface area (Å²) in [6, 6.07) is 10.1. The maximum atomic E-state index is 13.9. The first-order valence-corrected chi connectivity index (χ1v) is 10.4. The zero-order valence-corrected chi connectivity index (χ0v) is 18.2. The summed E-state index contributed by atoms with van der Waals surface area (Å²) in [5.41, 5.74) is 0.432. The van der Waals surface area contributed by atoms with Crippen LogP contribution in [0, 0.1) is 11.6 Å². The highest BCUT2D eigenvalue weighted by Crippen LogP contribution is 2.37. The Hall–Kier alpha value is -4.08. The Morgan fingerprint density at radius 2 is 1.74 bits per heavy atom. The molecule has 0 atom stereocenters. The Morgan fingerprint density at radius 3 is 2.37 bits per heavy atom. The maximum Gasteiger partial charge on any atom is 0.389 e. The zero-order chi connectivity index (χ0) is 25.3. The van der Waals surface area contributed by atoms with E-state index in [0.717, 1.165) is 6.07 Å². The topological polar surface area (TPSA) is 72.2 Å². The third-order valence-electron chi connectivity index (χ3n) is 5.40. The average Bonchev–Trinajstić information content (AvgIpc) is 3.20. The van der Waals surface area contributed by atoms with E-state index in [9.17, 15) is 31.5 Å². The van der Waals surface area contributed by atoms with E-state index in [4.69, 9.17) is 4.42 Å². The average molecular weight is 488 g/mol. The van der Waals surface area contributed by atoms with Gasteiger partial charge in [0, 0.05) is 24.6 Å². The SMILES string of the molecule is CNC(=O)c1c(-c2ccc(F)cc2)oc2nc(CCC(F)(F)F)c(-c3ccc(F)c(C=O)c3)cc12. The van der Waals surface area contributed by atoms with Crippen LogP contribution in [0.4, 0.5) is 22.0 Å². The Morgan fingerprint density at radius 1 is 1.06 bits per heavy atom. The second kappa shape index (κ2) is 9.28. The number of carbonyl (C=O) groups is 2. The van der Waals surface area contributed by atoms with Gasteiger partial charge in [0.05, 0.1) is 22.2 Å². The minimum absolute atomic E-state index is 0.0128. The lowest BCUT2D eigenvalue weighted by molar-refractivity contribution is -0.134. The summed E-state index contributed by atoms with van der Waals surface area (Å²) in [5.74, 6) is -1.81. The summed E-state index contributed by atoms with van der Waals surface area (Å²) in [7, 11) is 1.39. The van der Waals surface area contributed by atoms with Crippen molar-refractivity contribution in [1.82, 2.24) is 10.3 Å². The predicted molar refractivity (Wildman–Crippen MR) is 118 cm³/mol. The Kier molecular flexibility index (Phi) is 6.38. The van der Waals surface area contributed by atoms with Crippen molar-refractivity contribution in [3.05, 3.63) is 77.0 Å². The number of benzene rings is 2. The Balaban J connectivity index is 2.00. The molecule has 2 aromatic carbocycles. The number of hydrogen-bond acceptors (Lipinski definition) is 4. The van der Waals surface area contributed by atoms with Gasteiger partial charge in [0.2, 0.25) is 5.71 Å². The van der Waals surface area contributed by atoms with Crippen LogP contribution in [0.1, 0.15) is 32.8 Å². The number of halogens is 5. The Labute approximate surface area is 195 Å². The van der Waals surface area contributed by atoms with Crippen molar-refractivity contribution >= 4 is 23.3 Å². The van der Waals surface area contributed by atoms with Crippen LogP contribution < -0.4 is 5.32 Å². The first kappa shape index (κ1) is 24.1. The summed E-state index contributed by atoms with van der Waals surface area (Å²) in [6.45, 7) is 0. The van der Waals surface area contributed by atoms with Crippen LogP contribution >= 0.6 is 0 Å². The molecule has 4 aromatic rings. The van der Waals surface area contributed by atoms with Gasteiger partial charge in [-0.25, -0.2) is 13.8 Å². The van der Waals surface area contributed by atoms with E-state index in [1.165, 1.54) is 49.5 Å². The second-order valence-electron chi connectivity index (χ2n) is 7.70. The van der Waals surface area contributed by atoms with Gasteiger partial charge in [-0.05, 0) is 54.4 Å². The number of furan rings is 1. The van der Waals surface area contributed by atoms with Crippen molar-refractivity contribution < 1.29 is 36.0 Å². The molecule has 4 rings (SSSR count). The number of nitrogens with zero attached hydrogens (tertiary/aromatic N) is 1. The number of nitrogens with one attached hydrogen (secondary N) is 1. The molecule has 35 heavy (non-hydrogen) atoms. The van der Waals surface area contributed by atoms with Gasteiger partial charge in [0.15, 0.2) is 6.29 Å². The van der Waals surface area contributed by atoms with Crippen LogP contribution in [0.2, 0.25) is 0 Å². The number of hydrogen-bond donors (Lipinski definition) is 1. The van der Waals surface area contributed by atoms with E-state index in [1.54, 1.807) is 0 Å². The molecule has 5 nitrogen and oxygen atoms in total. The summed E-state index contributed by atoms with van der Waals surface area (Å²) in [5, 5.41) is 2.67. The Bertz CT molecular complexity index is 1430. The van der Waals surface area contributed by atoms with Gasteiger partial charge in [0.25, 0.3) is 5.91 Å². The summed E-state index contributed by atoms with van der Waals surface area (Å²) >= 11 is 0. The second-order valence-corrected chi connectivity index (χ2v) is 7.70. The van der Waals surface area contributed by atoms with Crippen LogP contribution in [0.5, 0.6) is 0 Å². The molecule has 1 amide bonds. The van der Waals surface area contributed by atoms with Gasteiger partial charge in [-0.1, -0.05) is 6.07 Å². The zero-order valence-electron chi connectivity index (χ0n) is 18.2. The largest absolute Gasteiger partial charge is 0.437 e. The number of rotatable bonds is 6. The van der Waals surface area contributed by atoms with Crippen molar-refractivity contribution in [2.24, 2.45) is 0 Å². The van der Waals surface area contributed by atoms with Gasteiger partial charge < -0.3 is 9.73 Å². The number of amides is 1. The molecule has 0 radical (unpaired) electrons. The van der Waals surface area contributed by atoms with Crippen molar-refractivity contribution in [3.63, 3.8) is 0 Å². The molecule has 0 aliphatic carbocycles. The lowest BCUT2D eigenvalue weighted by Crippen LogP contribution is -2.18. The molecule has 0 aliphatic heterocycles. The molecule has 2 heterocycles. The lowest BCUT2D eigenvalue weighted by Gasteiger charge is -2.12. The van der Waals surface area contributed by atoms with Crippen LogP contribution in [0.15, 0.2) is 52.9 Å². The van der Waals surface area contributed by atoms with Crippen LogP contribution in [-0.4, -0.2) is 30.4 Å². The highest BCUT2D eigenvalue weighted by molar-refractivity contribution is 6.11. The van der Waals surface area contributed by atoms with Gasteiger partial charge >= 0.3 is 6.18 Å². The molecule has 180 valence electrons. The third kappa shape index (κ3) is 4.91. The molecular weight excluding hydrogens is 471 g/mol. The fourth-order valence-electron chi connectivity index (χ4n) is 3.72. The van der Waals surface area contributed by atoms with Crippen molar-refractivity contribution in [3.8, 4) is 22.5 Å². The fourth-order valence-corrected chi connectivity index (χ4v) is 3.72. The first-order valence-electron chi connectivity index (χ1n) is 10.4. The van der Waals surface area contributed by atoms with Gasteiger partial charge in [-0.2, -0.15) is 13.2 Å². The highest BCUT2D eigenvalue weighted by atomic mass is 19.4. The third-order valence-corrected chi connectivity index (χ3v) is 5.40. The molecule has 0 bridgehead atoms. The molecule has 0 saturated heterocycles. The quantitative estimate of drug-likeness (QED) is 0.263. The molecule has 0 aliphatic rings. The van der Waals surface area contributed by atoms with Gasteiger partial charge in [0.1, 0.15) is 17.4 Å². The minimum atomic E-state index is -4.47. The highest BCUT2D eigenvalue weighted by Gasteiger charge is 2.29. The number of carbonyl (C=O) groups excluding carboxylic acids is 2. The van der Waals surface area contributed by atoms with E-state index in [1.807, 2.05) is 0 Å². The summed E-state index contributed by atoms with van der Waals surface area (Å²) in [4.78, 5) is 28.3. The minimum Gasteiger partial charge on any atom is -0.437 e. The van der Waals surface area contributed by atoms with Crippen LogP contribution in [-0.2, 0) is 6.42 Å². The van der Waals surface area contributed by atoms with E-state index < -0.39 is 36.6 Å². The van der Waals surface area contributed by atoms with Gasteiger partial charge in [-0.3, -0.25) is 9.59 Å². The number of alkyl halides is 3. The fraction of sp³-hybridized carbons (Fsp3) is 0.160. The lowest BCUT2D eigenvalue weighted by atomic mass is 9.97. The van der Waals surface area contributed by atoms with Crippen LogP contribution in [0.3, 0.4) is 0 Å². The summed E-state index contributed by atoms with van der Waals surface area (Å²) < 4.78 is 72.1. The molecule has 1 N–H and O–H groups in total. The van der Waals surface area contributed by atoms with Crippen molar-refractivity contribution in [2.45, 2.75) is 19.0 Å². The number of fused-ring (bicyclic) bond motifs is 1. The standard InChI is InChI=1S/C25H17F5N2O3/c1-31-23(34)21-18-11-17(14-4-7-19(27)15(10-14)12-33)20(8-9-25(28,29)30)32-24(18)35-22(21)13-2-5-16(26)6-3-13/h2-7,10-12H,8-9H2,1H3,(H,31,34). The van der Waals surface area contributed by atoms with Crippen molar-refractivity contribution in [1.29, 1.82) is 0 Å². The van der Waals surface area contributed by atoms with Crippen molar-refractivity contribution in [2.75, 3.05) is 7.05 Å². The predicted octanol–water partition coefficient (Wildman–Crippen LogP) is 6.11. The first-order chi connectivity index (χ1) is 16.6.